The summed E-state index contributed by atoms with van der Waals surface area (Å²) in [4.78, 5) is 11.0. The van der Waals surface area contributed by atoms with Crippen molar-refractivity contribution in [2.45, 2.75) is 4.90 Å². The number of thiophene rings is 1. The summed E-state index contributed by atoms with van der Waals surface area (Å²) in [5.74, 6) is -0.621. The molecule has 1 heterocycles. The molecule has 0 saturated heterocycles. The average molecular weight is 228 g/mol. The summed E-state index contributed by atoms with van der Waals surface area (Å²) in [6, 6.07) is 1.36. The van der Waals surface area contributed by atoms with E-state index in [1.165, 1.54) is 18.6 Å². The smallest absolute Gasteiger partial charge is 0.768 e. The molecule has 0 amide bonds. The fourth-order valence-electron chi connectivity index (χ4n) is 0.670. The van der Waals surface area contributed by atoms with Crippen LogP contribution >= 0.6 is 11.3 Å². The summed E-state index contributed by atoms with van der Waals surface area (Å²) in [6.45, 7) is 0. The van der Waals surface area contributed by atoms with Crippen molar-refractivity contribution >= 4 is 28.4 Å². The molecule has 7 heteroatoms. The minimum Gasteiger partial charge on any atom is -0.768 e. The average Bonchev–Trinajstić information content (AvgIpc) is 2.50. The second kappa shape index (κ2) is 5.90. The number of rotatable bonds is 2. The number of hydrogen-bond acceptors (Lipinski definition) is 5. The molecule has 1 rings (SSSR count). The van der Waals surface area contributed by atoms with Crippen LogP contribution < -0.4 is 29.6 Å². The molecule has 0 saturated carbocycles. The van der Waals surface area contributed by atoms with Crippen molar-refractivity contribution in [2.24, 2.45) is 0 Å². The van der Waals surface area contributed by atoms with Gasteiger partial charge in [-0.25, -0.2) is 4.79 Å². The number of hydrogen-bond donors (Lipinski definition) is 0. The van der Waals surface area contributed by atoms with E-state index in [1.54, 1.807) is 0 Å². The molecule has 0 aliphatic rings. The van der Waals surface area contributed by atoms with E-state index in [1.807, 2.05) is 0 Å². The Morgan fingerprint density at radius 3 is 2.77 bits per heavy atom. The summed E-state index contributed by atoms with van der Waals surface area (Å²) in [5.41, 5.74) is 0. The van der Waals surface area contributed by atoms with E-state index >= 15 is 0 Å². The molecule has 0 aliphatic carbocycles. The minimum absolute atomic E-state index is 0. The van der Waals surface area contributed by atoms with Crippen LogP contribution in [0.5, 0.6) is 0 Å². The molecule has 0 radical (unpaired) electrons. The summed E-state index contributed by atoms with van der Waals surface area (Å²) >= 11 is -1.33. The van der Waals surface area contributed by atoms with E-state index in [0.29, 0.717) is 0 Å². The van der Waals surface area contributed by atoms with Crippen molar-refractivity contribution < 1.29 is 47.9 Å². The van der Waals surface area contributed by atoms with Crippen molar-refractivity contribution in [3.8, 4) is 0 Å². The molecule has 13 heavy (non-hydrogen) atoms. The SMILES string of the molecule is COC(=O)c1sccc1S(=O)[O-].[Na+]. The number of carbonyl (C=O) groups is 1. The topological polar surface area (TPSA) is 66.4 Å². The third-order valence-corrected chi connectivity index (χ3v) is 2.90. The number of methoxy groups -OCH3 is 1. The van der Waals surface area contributed by atoms with Crippen molar-refractivity contribution in [2.75, 3.05) is 7.11 Å². The Balaban J connectivity index is 0.00000144. The third-order valence-electron chi connectivity index (χ3n) is 1.18. The molecule has 4 nitrogen and oxygen atoms in total. The molecule has 1 atom stereocenters. The van der Waals surface area contributed by atoms with E-state index in [-0.39, 0.29) is 39.3 Å². The molecule has 0 bridgehead atoms. The predicted octanol–water partition coefficient (Wildman–Crippen LogP) is -2.22. The van der Waals surface area contributed by atoms with E-state index in [9.17, 15) is 13.6 Å². The van der Waals surface area contributed by atoms with Gasteiger partial charge in [0.05, 0.1) is 12.0 Å². The van der Waals surface area contributed by atoms with Gasteiger partial charge in [-0.05, 0) is 22.5 Å². The predicted molar refractivity (Wildman–Crippen MR) is 42.8 cm³/mol. The number of carbonyl (C=O) groups excluding carboxylic acids is 1. The van der Waals surface area contributed by atoms with Gasteiger partial charge in [-0.2, -0.15) is 0 Å². The quantitative estimate of drug-likeness (QED) is 0.326. The molecule has 0 aliphatic heterocycles. The van der Waals surface area contributed by atoms with Gasteiger partial charge in [0.25, 0.3) is 0 Å². The monoisotopic (exact) mass is 228 g/mol. The van der Waals surface area contributed by atoms with E-state index < -0.39 is 17.0 Å². The first-order valence-electron chi connectivity index (χ1n) is 2.92. The minimum atomic E-state index is -2.37. The second-order valence-corrected chi connectivity index (χ2v) is 3.67. The van der Waals surface area contributed by atoms with E-state index in [0.717, 1.165) is 11.3 Å². The zero-order chi connectivity index (χ0) is 9.14. The summed E-state index contributed by atoms with van der Waals surface area (Å²) in [6.07, 6.45) is 0. The molecule has 1 aromatic rings. The van der Waals surface area contributed by atoms with Crippen LogP contribution in [-0.2, 0) is 15.8 Å². The van der Waals surface area contributed by atoms with Gasteiger partial charge in [-0.1, -0.05) is 0 Å². The van der Waals surface area contributed by atoms with Crippen molar-refractivity contribution in [1.82, 2.24) is 0 Å². The molecule has 0 aromatic carbocycles. The summed E-state index contributed by atoms with van der Waals surface area (Å²) in [5, 5.41) is 1.53. The number of ether oxygens (including phenoxy) is 1. The molecule has 1 unspecified atom stereocenters. The number of esters is 1. The maximum absolute atomic E-state index is 10.9. The van der Waals surface area contributed by atoms with Gasteiger partial charge in [0, 0.05) is 0 Å². The molecule has 0 spiro atoms. The van der Waals surface area contributed by atoms with Gasteiger partial charge in [0.15, 0.2) is 0 Å². The zero-order valence-corrected chi connectivity index (χ0v) is 10.7. The molecule has 0 N–H and O–H groups in total. The van der Waals surface area contributed by atoms with E-state index in [4.69, 9.17) is 0 Å². The summed E-state index contributed by atoms with van der Waals surface area (Å²) < 4.78 is 25.4. The van der Waals surface area contributed by atoms with Gasteiger partial charge < -0.3 is 9.29 Å². The maximum Gasteiger partial charge on any atom is 1.00 e. The molecular weight excluding hydrogens is 223 g/mol. The van der Waals surface area contributed by atoms with Crippen molar-refractivity contribution in [3.05, 3.63) is 16.3 Å². The largest absolute Gasteiger partial charge is 1.00 e. The Labute approximate surface area is 104 Å². The molecular formula is C6H5NaO4S2. The fourth-order valence-corrected chi connectivity index (χ4v) is 2.22. The van der Waals surface area contributed by atoms with Crippen LogP contribution in [0.15, 0.2) is 16.3 Å². The second-order valence-electron chi connectivity index (χ2n) is 1.84. The fraction of sp³-hybridized carbons (Fsp3) is 0.167. The van der Waals surface area contributed by atoms with Crippen LogP contribution in [0.3, 0.4) is 0 Å². The summed E-state index contributed by atoms with van der Waals surface area (Å²) in [7, 11) is 1.21. The van der Waals surface area contributed by atoms with E-state index in [2.05, 4.69) is 4.74 Å². The Morgan fingerprint density at radius 1 is 1.69 bits per heavy atom. The van der Waals surface area contributed by atoms with Crippen LogP contribution in [0.1, 0.15) is 9.67 Å². The zero-order valence-electron chi connectivity index (χ0n) is 7.10. The van der Waals surface area contributed by atoms with Crippen LogP contribution in [0, 0.1) is 0 Å². The van der Waals surface area contributed by atoms with Crippen LogP contribution in [0.4, 0.5) is 0 Å². The van der Waals surface area contributed by atoms with Gasteiger partial charge in [0.2, 0.25) is 0 Å². The van der Waals surface area contributed by atoms with Crippen LogP contribution in [0.25, 0.3) is 0 Å². The van der Waals surface area contributed by atoms with Gasteiger partial charge in [-0.15, -0.1) is 11.3 Å². The van der Waals surface area contributed by atoms with Crippen molar-refractivity contribution in [3.63, 3.8) is 0 Å². The Hall–Kier alpha value is 0.280. The molecule has 0 fully saturated rings. The maximum atomic E-state index is 10.9. The molecule has 1 aromatic heterocycles. The molecule has 66 valence electrons. The Bertz CT molecular complexity index is 322. The third kappa shape index (κ3) is 3.16. The van der Waals surface area contributed by atoms with Gasteiger partial charge in [0.1, 0.15) is 4.88 Å². The van der Waals surface area contributed by atoms with Crippen LogP contribution in [0.2, 0.25) is 0 Å². The standard InChI is InChI=1S/C6H6O4S2.Na/c1-10-6(7)5-4(12(8)9)2-3-11-5;/h2-3H,1H3,(H,8,9);/q;+1/p-1. The Morgan fingerprint density at radius 2 is 2.31 bits per heavy atom. The van der Waals surface area contributed by atoms with Gasteiger partial charge >= 0.3 is 35.5 Å². The van der Waals surface area contributed by atoms with Crippen LogP contribution in [-0.4, -0.2) is 21.8 Å². The van der Waals surface area contributed by atoms with Gasteiger partial charge in [-0.3, -0.25) is 4.21 Å². The first kappa shape index (κ1) is 13.3. The normalized spacial score (nSPS) is 11.5. The first-order valence-corrected chi connectivity index (χ1v) is 4.87. The first-order chi connectivity index (χ1) is 5.66. The Kier molecular flexibility index (Phi) is 6.02. The van der Waals surface area contributed by atoms with Crippen molar-refractivity contribution in [1.29, 1.82) is 0 Å².